The lowest BCUT2D eigenvalue weighted by molar-refractivity contribution is -0.121. The average molecular weight is 388 g/mol. The largest absolute Gasteiger partial charge is 0.367 e. The molecule has 1 aliphatic heterocycles. The van der Waals surface area contributed by atoms with Crippen LogP contribution in [0.5, 0.6) is 0 Å². The van der Waals surface area contributed by atoms with Crippen molar-refractivity contribution in [2.24, 2.45) is 0 Å². The molecule has 3 amide bonds. The molecule has 1 aromatic rings. The zero-order valence-corrected chi connectivity index (χ0v) is 16.3. The number of para-hydroxylation sites is 1. The molecular formula is C21H29FN4O2. The molecule has 0 spiro atoms. The highest BCUT2D eigenvalue weighted by atomic mass is 19.1. The molecule has 0 bridgehead atoms. The molecule has 1 aliphatic carbocycles. The Hall–Kier alpha value is -2.41. The van der Waals surface area contributed by atoms with Gasteiger partial charge in [0.1, 0.15) is 5.82 Å². The molecule has 6 nitrogen and oxygen atoms in total. The summed E-state index contributed by atoms with van der Waals surface area (Å²) in [4.78, 5) is 27.9. The monoisotopic (exact) mass is 388 g/mol. The van der Waals surface area contributed by atoms with Crippen LogP contribution in [-0.2, 0) is 4.79 Å². The fourth-order valence-corrected chi connectivity index (χ4v) is 3.74. The number of hydrogen-bond acceptors (Lipinski definition) is 4. The molecule has 3 rings (SSSR count). The molecule has 1 saturated heterocycles. The number of carbonyl (C=O) groups excluding carboxylic acids is 2. The van der Waals surface area contributed by atoms with E-state index in [-0.39, 0.29) is 18.3 Å². The van der Waals surface area contributed by atoms with Crippen LogP contribution in [0.4, 0.5) is 14.9 Å². The second-order valence-corrected chi connectivity index (χ2v) is 7.38. The van der Waals surface area contributed by atoms with Crippen molar-refractivity contribution in [2.75, 3.05) is 44.2 Å². The maximum Gasteiger partial charge on any atom is 0.321 e. The molecule has 2 N–H and O–H groups in total. The number of anilines is 1. The highest BCUT2D eigenvalue weighted by molar-refractivity contribution is 5.95. The van der Waals surface area contributed by atoms with Crippen molar-refractivity contribution in [3.63, 3.8) is 0 Å². The fourth-order valence-electron chi connectivity index (χ4n) is 3.74. The van der Waals surface area contributed by atoms with Gasteiger partial charge in [-0.05, 0) is 44.2 Å². The van der Waals surface area contributed by atoms with Gasteiger partial charge in [-0.25, -0.2) is 9.18 Å². The van der Waals surface area contributed by atoms with Crippen LogP contribution in [0.2, 0.25) is 0 Å². The molecule has 0 atom stereocenters. The number of nitrogens with zero attached hydrogens (tertiary/aromatic N) is 2. The van der Waals surface area contributed by atoms with Crippen molar-refractivity contribution in [1.82, 2.24) is 15.5 Å². The normalized spacial score (nSPS) is 17.8. The lowest BCUT2D eigenvalue weighted by Gasteiger charge is -2.35. The van der Waals surface area contributed by atoms with E-state index in [4.69, 9.17) is 0 Å². The van der Waals surface area contributed by atoms with Gasteiger partial charge in [0.05, 0.1) is 12.2 Å². The molecular weight excluding hydrogens is 359 g/mol. The van der Waals surface area contributed by atoms with Gasteiger partial charge in [0.2, 0.25) is 5.91 Å². The highest BCUT2D eigenvalue weighted by Gasteiger charge is 2.21. The molecule has 152 valence electrons. The van der Waals surface area contributed by atoms with E-state index < -0.39 is 6.03 Å². The molecule has 2 aliphatic rings. The smallest absolute Gasteiger partial charge is 0.321 e. The topological polar surface area (TPSA) is 64.7 Å². The number of allylic oxidation sites excluding steroid dienone is 1. The molecule has 7 heteroatoms. The standard InChI is InChI=1S/C21H29FN4O2/c22-18-8-4-5-9-19(18)26-14-12-25(13-15-26)16-20(27)24-21(28)23-11-10-17-6-2-1-3-7-17/h4-6,8-9H,1-3,7,10-16H2,(H2,23,24,27,28). The summed E-state index contributed by atoms with van der Waals surface area (Å²) in [5, 5.41) is 5.15. The summed E-state index contributed by atoms with van der Waals surface area (Å²) in [6, 6.07) is 6.29. The van der Waals surface area contributed by atoms with E-state index in [1.165, 1.54) is 24.5 Å². The lowest BCUT2D eigenvalue weighted by atomic mass is 9.97. The molecule has 1 aromatic carbocycles. The summed E-state index contributed by atoms with van der Waals surface area (Å²) < 4.78 is 13.9. The van der Waals surface area contributed by atoms with Gasteiger partial charge < -0.3 is 10.2 Å². The van der Waals surface area contributed by atoms with Crippen LogP contribution in [0.1, 0.15) is 32.1 Å². The van der Waals surface area contributed by atoms with E-state index in [1.54, 1.807) is 12.1 Å². The number of hydrogen-bond donors (Lipinski definition) is 2. The summed E-state index contributed by atoms with van der Waals surface area (Å²) in [6.45, 7) is 3.32. The van der Waals surface area contributed by atoms with Gasteiger partial charge in [-0.3, -0.25) is 15.0 Å². The van der Waals surface area contributed by atoms with Crippen molar-refractivity contribution < 1.29 is 14.0 Å². The van der Waals surface area contributed by atoms with Gasteiger partial charge in [-0.2, -0.15) is 0 Å². The third kappa shape index (κ3) is 6.05. The minimum absolute atomic E-state index is 0.170. The Bertz CT molecular complexity index is 714. The van der Waals surface area contributed by atoms with Crippen LogP contribution in [0.25, 0.3) is 0 Å². The van der Waals surface area contributed by atoms with Gasteiger partial charge in [0.25, 0.3) is 0 Å². The quantitative estimate of drug-likeness (QED) is 0.736. The second-order valence-electron chi connectivity index (χ2n) is 7.38. The zero-order valence-electron chi connectivity index (χ0n) is 16.3. The Morgan fingerprint density at radius 2 is 1.86 bits per heavy atom. The van der Waals surface area contributed by atoms with Crippen molar-refractivity contribution in [3.05, 3.63) is 41.7 Å². The maximum absolute atomic E-state index is 13.9. The fraction of sp³-hybridized carbons (Fsp3) is 0.524. The number of urea groups is 1. The summed E-state index contributed by atoms with van der Waals surface area (Å²) >= 11 is 0. The third-order valence-electron chi connectivity index (χ3n) is 5.30. The minimum atomic E-state index is -0.439. The summed E-state index contributed by atoms with van der Waals surface area (Å²) in [7, 11) is 0. The van der Waals surface area contributed by atoms with Gasteiger partial charge >= 0.3 is 6.03 Å². The third-order valence-corrected chi connectivity index (χ3v) is 5.30. The number of rotatable bonds is 6. The van der Waals surface area contributed by atoms with Crippen molar-refractivity contribution in [2.45, 2.75) is 32.1 Å². The van der Waals surface area contributed by atoms with Gasteiger partial charge in [-0.15, -0.1) is 0 Å². The van der Waals surface area contributed by atoms with E-state index in [0.29, 0.717) is 38.4 Å². The Balaban J connectivity index is 1.33. The first-order valence-electron chi connectivity index (χ1n) is 10.1. The van der Waals surface area contributed by atoms with Crippen LogP contribution in [0.3, 0.4) is 0 Å². The van der Waals surface area contributed by atoms with Gasteiger partial charge in [0.15, 0.2) is 0 Å². The maximum atomic E-state index is 13.9. The molecule has 0 aromatic heterocycles. The SMILES string of the molecule is O=C(CN1CCN(c2ccccc2F)CC1)NC(=O)NCCC1=CCCCC1. The first kappa shape index (κ1) is 20.3. The van der Waals surface area contributed by atoms with E-state index >= 15 is 0 Å². The van der Waals surface area contributed by atoms with Crippen molar-refractivity contribution in [3.8, 4) is 0 Å². The first-order valence-corrected chi connectivity index (χ1v) is 10.1. The molecule has 0 saturated carbocycles. The number of amides is 3. The van der Waals surface area contributed by atoms with E-state index in [0.717, 1.165) is 19.3 Å². The minimum Gasteiger partial charge on any atom is -0.367 e. The second kappa shape index (κ2) is 10.2. The number of benzene rings is 1. The Kier molecular flexibility index (Phi) is 7.42. The van der Waals surface area contributed by atoms with E-state index in [2.05, 4.69) is 16.7 Å². The Labute approximate surface area is 165 Å². The number of carbonyl (C=O) groups is 2. The highest BCUT2D eigenvalue weighted by Crippen LogP contribution is 2.20. The predicted octanol–water partition coefficient (Wildman–Crippen LogP) is 2.66. The van der Waals surface area contributed by atoms with Crippen LogP contribution in [0, 0.1) is 5.82 Å². The first-order chi connectivity index (χ1) is 13.6. The number of halogens is 1. The van der Waals surface area contributed by atoms with Crippen LogP contribution < -0.4 is 15.5 Å². The molecule has 28 heavy (non-hydrogen) atoms. The van der Waals surface area contributed by atoms with Crippen molar-refractivity contribution >= 4 is 17.6 Å². The Morgan fingerprint density at radius 1 is 1.07 bits per heavy atom. The number of piperazine rings is 1. The van der Waals surface area contributed by atoms with E-state index in [9.17, 15) is 14.0 Å². The molecule has 1 fully saturated rings. The van der Waals surface area contributed by atoms with Gasteiger partial charge in [0, 0.05) is 32.7 Å². The summed E-state index contributed by atoms with van der Waals surface area (Å²) in [6.07, 6.45) is 7.82. The summed E-state index contributed by atoms with van der Waals surface area (Å²) in [5.41, 5.74) is 1.99. The predicted molar refractivity (Wildman–Crippen MR) is 108 cm³/mol. The number of imide groups is 1. The van der Waals surface area contributed by atoms with Crippen molar-refractivity contribution in [1.29, 1.82) is 0 Å². The average Bonchev–Trinajstić information content (AvgIpc) is 2.70. The number of nitrogens with one attached hydrogen (secondary N) is 2. The van der Waals surface area contributed by atoms with Crippen LogP contribution >= 0.6 is 0 Å². The van der Waals surface area contributed by atoms with Crippen LogP contribution in [-0.4, -0.2) is 56.1 Å². The van der Waals surface area contributed by atoms with Gasteiger partial charge in [-0.1, -0.05) is 23.8 Å². The molecule has 0 unspecified atom stereocenters. The Morgan fingerprint density at radius 3 is 2.57 bits per heavy atom. The van der Waals surface area contributed by atoms with Crippen LogP contribution in [0.15, 0.2) is 35.9 Å². The van der Waals surface area contributed by atoms with E-state index in [1.807, 2.05) is 15.9 Å². The summed E-state index contributed by atoms with van der Waals surface area (Å²) in [5.74, 6) is -0.539. The zero-order chi connectivity index (χ0) is 19.8. The lowest BCUT2D eigenvalue weighted by Crippen LogP contribution is -2.51. The molecule has 1 heterocycles. The molecule has 0 radical (unpaired) electrons.